The van der Waals surface area contributed by atoms with Gasteiger partial charge in [-0.25, -0.2) is 5.43 Å². The molecule has 1 amide bonds. The van der Waals surface area contributed by atoms with E-state index in [2.05, 4.69) is 10.9 Å². The Balaban J connectivity index is 2.67. The number of carbonyl (C=O) groups excluding carboxylic acids is 1. The molecule has 3 N–H and O–H groups in total. The minimum atomic E-state index is -1.07. The van der Waals surface area contributed by atoms with Crippen LogP contribution in [-0.4, -0.2) is 30.1 Å². The molecule has 0 aliphatic rings. The van der Waals surface area contributed by atoms with Gasteiger partial charge < -0.3 is 9.84 Å². The van der Waals surface area contributed by atoms with Crippen molar-refractivity contribution in [1.29, 1.82) is 0 Å². The number of halogens is 1. The normalized spacial score (nSPS) is 11.9. The second kappa shape index (κ2) is 5.85. The first-order valence-corrected chi connectivity index (χ1v) is 5.82. The van der Waals surface area contributed by atoms with Crippen LogP contribution in [0.5, 0.6) is 5.75 Å². The summed E-state index contributed by atoms with van der Waals surface area (Å²) in [5.74, 6) is -1.29. The first-order chi connectivity index (χ1) is 7.97. The van der Waals surface area contributed by atoms with Crippen LogP contribution < -0.4 is 15.6 Å². The number of amides is 1. The van der Waals surface area contributed by atoms with Crippen molar-refractivity contribution in [1.82, 2.24) is 10.9 Å². The summed E-state index contributed by atoms with van der Waals surface area (Å²) in [5.41, 5.74) is 4.87. The van der Waals surface area contributed by atoms with E-state index in [9.17, 15) is 9.59 Å². The van der Waals surface area contributed by atoms with Crippen molar-refractivity contribution in [2.24, 2.45) is 0 Å². The van der Waals surface area contributed by atoms with Gasteiger partial charge in [0.2, 0.25) is 0 Å². The second-order valence-corrected chi connectivity index (χ2v) is 4.60. The summed E-state index contributed by atoms with van der Waals surface area (Å²) >= 11 is 6.96. The number of carboxylic acids is 1. The van der Waals surface area contributed by atoms with Crippen molar-refractivity contribution in [3.8, 4) is 5.75 Å². The summed E-state index contributed by atoms with van der Waals surface area (Å²) in [4.78, 5) is 22.2. The van der Waals surface area contributed by atoms with Gasteiger partial charge in [-0.3, -0.25) is 15.0 Å². The van der Waals surface area contributed by atoms with Gasteiger partial charge in [-0.1, -0.05) is 11.6 Å². The van der Waals surface area contributed by atoms with E-state index in [1.165, 1.54) is 19.4 Å². The number of hydrogen-bond acceptors (Lipinski definition) is 5. The number of nitrogens with one attached hydrogen (secondary N) is 2. The first kappa shape index (κ1) is 13.8. The Morgan fingerprint density at radius 3 is 2.76 bits per heavy atom. The molecule has 1 aromatic heterocycles. The van der Waals surface area contributed by atoms with Gasteiger partial charge in [0.1, 0.15) is 10.4 Å². The molecule has 1 rings (SSSR count). The zero-order chi connectivity index (χ0) is 13.0. The van der Waals surface area contributed by atoms with Crippen molar-refractivity contribution < 1.29 is 19.4 Å². The highest BCUT2D eigenvalue weighted by Gasteiger charge is 2.19. The van der Waals surface area contributed by atoms with Crippen molar-refractivity contribution >= 4 is 34.8 Å². The lowest BCUT2D eigenvalue weighted by Crippen LogP contribution is -2.46. The highest BCUT2D eigenvalue weighted by molar-refractivity contribution is 7.15. The average Bonchev–Trinajstić information content (AvgIpc) is 2.66. The van der Waals surface area contributed by atoms with Gasteiger partial charge >= 0.3 is 5.97 Å². The lowest BCUT2D eigenvalue weighted by atomic mass is 10.3. The molecule has 1 heterocycles. The molecular formula is C9H11ClN2O4S. The number of hydrogen-bond donors (Lipinski definition) is 3. The minimum absolute atomic E-state index is 0.257. The maximum atomic E-state index is 11.7. The van der Waals surface area contributed by atoms with E-state index < -0.39 is 17.9 Å². The SMILES string of the molecule is COc1c(C(=O)NN[C@@H](C)C(=O)O)csc1Cl. The van der Waals surface area contributed by atoms with Crippen LogP contribution in [0.1, 0.15) is 17.3 Å². The summed E-state index contributed by atoms with van der Waals surface area (Å²) in [7, 11) is 1.40. The van der Waals surface area contributed by atoms with E-state index in [4.69, 9.17) is 21.4 Å². The topological polar surface area (TPSA) is 87.7 Å². The van der Waals surface area contributed by atoms with Gasteiger partial charge in [0.15, 0.2) is 5.75 Å². The maximum absolute atomic E-state index is 11.7. The van der Waals surface area contributed by atoms with E-state index in [1.54, 1.807) is 0 Å². The second-order valence-electron chi connectivity index (χ2n) is 3.11. The largest absolute Gasteiger partial charge is 0.493 e. The number of ether oxygens (including phenoxy) is 1. The lowest BCUT2D eigenvalue weighted by Gasteiger charge is -2.10. The van der Waals surface area contributed by atoms with Gasteiger partial charge in [-0.2, -0.15) is 0 Å². The molecule has 0 fully saturated rings. The minimum Gasteiger partial charge on any atom is -0.493 e. The average molecular weight is 279 g/mol. The molecule has 1 aromatic rings. The fraction of sp³-hybridized carbons (Fsp3) is 0.333. The van der Waals surface area contributed by atoms with Crippen LogP contribution in [0.15, 0.2) is 5.38 Å². The van der Waals surface area contributed by atoms with Crippen molar-refractivity contribution in [3.63, 3.8) is 0 Å². The molecular weight excluding hydrogens is 268 g/mol. The van der Waals surface area contributed by atoms with Crippen molar-refractivity contribution in [2.45, 2.75) is 13.0 Å². The molecule has 0 bridgehead atoms. The molecule has 0 radical (unpaired) electrons. The number of methoxy groups -OCH3 is 1. The molecule has 17 heavy (non-hydrogen) atoms. The Morgan fingerprint density at radius 2 is 2.24 bits per heavy atom. The third-order valence-corrected chi connectivity index (χ3v) is 3.11. The molecule has 0 aromatic carbocycles. The van der Waals surface area contributed by atoms with Crippen LogP contribution in [0.4, 0.5) is 0 Å². The monoisotopic (exact) mass is 278 g/mol. The van der Waals surface area contributed by atoms with E-state index in [-0.39, 0.29) is 11.3 Å². The molecule has 0 saturated carbocycles. The summed E-state index contributed by atoms with van der Waals surface area (Å²) < 4.78 is 5.33. The van der Waals surface area contributed by atoms with Crippen LogP contribution in [0.2, 0.25) is 4.34 Å². The smallest absolute Gasteiger partial charge is 0.322 e. The van der Waals surface area contributed by atoms with Crippen molar-refractivity contribution in [3.05, 3.63) is 15.3 Å². The van der Waals surface area contributed by atoms with Gasteiger partial charge in [0.05, 0.1) is 12.7 Å². The molecule has 0 aliphatic heterocycles. The van der Waals surface area contributed by atoms with Crippen LogP contribution in [-0.2, 0) is 4.79 Å². The first-order valence-electron chi connectivity index (χ1n) is 4.57. The molecule has 0 unspecified atom stereocenters. The van der Waals surface area contributed by atoms with Gasteiger partial charge in [-0.05, 0) is 6.92 Å². The highest BCUT2D eigenvalue weighted by atomic mass is 35.5. The molecule has 0 aliphatic carbocycles. The fourth-order valence-corrected chi connectivity index (χ4v) is 2.02. The van der Waals surface area contributed by atoms with Gasteiger partial charge in [0, 0.05) is 5.38 Å². The number of hydrazine groups is 1. The Bertz CT molecular complexity index is 435. The zero-order valence-corrected chi connectivity index (χ0v) is 10.7. The number of thiophene rings is 1. The van der Waals surface area contributed by atoms with Crippen LogP contribution in [0, 0.1) is 0 Å². The van der Waals surface area contributed by atoms with Crippen molar-refractivity contribution in [2.75, 3.05) is 7.11 Å². The Morgan fingerprint density at radius 1 is 1.59 bits per heavy atom. The molecule has 6 nitrogen and oxygen atoms in total. The van der Waals surface area contributed by atoms with Crippen LogP contribution in [0.25, 0.3) is 0 Å². The van der Waals surface area contributed by atoms with E-state index in [1.807, 2.05) is 0 Å². The quantitative estimate of drug-likeness (QED) is 0.703. The van der Waals surface area contributed by atoms with E-state index in [0.29, 0.717) is 4.34 Å². The number of carbonyl (C=O) groups is 2. The molecule has 1 atom stereocenters. The van der Waals surface area contributed by atoms with Gasteiger partial charge in [-0.15, -0.1) is 11.3 Å². The number of rotatable bonds is 5. The lowest BCUT2D eigenvalue weighted by molar-refractivity contribution is -0.139. The standard InChI is InChI=1S/C9H11ClN2O4S/c1-4(9(14)15)11-12-8(13)5-3-17-7(10)6(5)16-2/h3-4,11H,1-2H3,(H,12,13)(H,14,15)/t4-/m0/s1. The third kappa shape index (κ3) is 3.32. The molecule has 0 spiro atoms. The number of aliphatic carboxylic acids is 1. The van der Waals surface area contributed by atoms with E-state index >= 15 is 0 Å². The summed E-state index contributed by atoms with van der Waals surface area (Å²) in [5, 5.41) is 10.1. The number of carboxylic acid groups (broad SMARTS) is 1. The molecule has 94 valence electrons. The van der Waals surface area contributed by atoms with E-state index in [0.717, 1.165) is 11.3 Å². The van der Waals surface area contributed by atoms with Crippen LogP contribution in [0.3, 0.4) is 0 Å². The Hall–Kier alpha value is -1.31. The Kier molecular flexibility index (Phi) is 4.73. The predicted octanol–water partition coefficient (Wildman–Crippen LogP) is 1.12. The summed E-state index contributed by atoms with van der Waals surface area (Å²) in [6.07, 6.45) is 0. The maximum Gasteiger partial charge on any atom is 0.322 e. The van der Waals surface area contributed by atoms with Gasteiger partial charge in [0.25, 0.3) is 5.91 Å². The third-order valence-electron chi connectivity index (χ3n) is 1.92. The van der Waals surface area contributed by atoms with Crippen LogP contribution >= 0.6 is 22.9 Å². The molecule has 8 heteroatoms. The summed E-state index contributed by atoms with van der Waals surface area (Å²) in [6, 6.07) is -0.890. The highest BCUT2D eigenvalue weighted by Crippen LogP contribution is 2.34. The molecule has 0 saturated heterocycles. The predicted molar refractivity (Wildman–Crippen MR) is 63.6 cm³/mol. The Labute approximate surface area is 107 Å². The summed E-state index contributed by atoms with van der Waals surface area (Å²) in [6.45, 7) is 1.40. The fourth-order valence-electron chi connectivity index (χ4n) is 0.973. The zero-order valence-electron chi connectivity index (χ0n) is 9.11.